The van der Waals surface area contributed by atoms with Crippen LogP contribution in [0.15, 0.2) is 42.7 Å². The number of aryl methyl sites for hydroxylation is 1. The van der Waals surface area contributed by atoms with Crippen molar-refractivity contribution in [3.8, 4) is 0 Å². The zero-order valence-corrected chi connectivity index (χ0v) is 15.0. The molecule has 25 heavy (non-hydrogen) atoms. The van der Waals surface area contributed by atoms with Crippen LogP contribution < -0.4 is 10.6 Å². The van der Waals surface area contributed by atoms with E-state index in [2.05, 4.69) is 37.6 Å². The number of nitrogens with zero attached hydrogens (tertiary/aromatic N) is 3. The highest BCUT2D eigenvalue weighted by atomic mass is 16.1. The number of carbonyl (C=O) groups is 1. The van der Waals surface area contributed by atoms with E-state index in [1.165, 1.54) is 11.9 Å². The van der Waals surface area contributed by atoms with Crippen LogP contribution in [0.4, 0.5) is 5.82 Å². The third-order valence-corrected chi connectivity index (χ3v) is 3.76. The van der Waals surface area contributed by atoms with Gasteiger partial charge in [-0.25, -0.2) is 9.97 Å². The molecule has 0 saturated heterocycles. The highest BCUT2D eigenvalue weighted by molar-refractivity contribution is 5.92. The van der Waals surface area contributed by atoms with Crippen LogP contribution in [0.5, 0.6) is 0 Å². The van der Waals surface area contributed by atoms with E-state index < -0.39 is 0 Å². The molecule has 2 rings (SSSR count). The molecule has 2 N–H and O–H groups in total. The summed E-state index contributed by atoms with van der Waals surface area (Å²) in [6, 6.07) is 12.0. The third-order valence-electron chi connectivity index (χ3n) is 3.76. The summed E-state index contributed by atoms with van der Waals surface area (Å²) in [5, 5.41) is 6.14. The topological polar surface area (TPSA) is 70.2 Å². The van der Waals surface area contributed by atoms with E-state index in [1.54, 1.807) is 6.07 Å². The molecule has 1 amide bonds. The summed E-state index contributed by atoms with van der Waals surface area (Å²) < 4.78 is 0. The summed E-state index contributed by atoms with van der Waals surface area (Å²) >= 11 is 0. The van der Waals surface area contributed by atoms with Gasteiger partial charge in [0.25, 0.3) is 5.91 Å². The average Bonchev–Trinajstić information content (AvgIpc) is 2.63. The molecule has 2 aromatic rings. The van der Waals surface area contributed by atoms with E-state index in [0.29, 0.717) is 18.1 Å². The van der Waals surface area contributed by atoms with Gasteiger partial charge >= 0.3 is 0 Å². The number of carbonyl (C=O) groups excluding carboxylic acids is 1. The van der Waals surface area contributed by atoms with Gasteiger partial charge in [0.15, 0.2) is 0 Å². The Balaban J connectivity index is 1.72. The van der Waals surface area contributed by atoms with Gasteiger partial charge in [0.05, 0.1) is 0 Å². The lowest BCUT2D eigenvalue weighted by Crippen LogP contribution is -2.26. The Morgan fingerprint density at radius 3 is 2.64 bits per heavy atom. The first-order valence-corrected chi connectivity index (χ1v) is 8.68. The molecule has 0 spiro atoms. The molecule has 0 aliphatic carbocycles. The van der Waals surface area contributed by atoms with Crippen molar-refractivity contribution in [1.29, 1.82) is 0 Å². The van der Waals surface area contributed by atoms with Gasteiger partial charge in [0.1, 0.15) is 17.8 Å². The number of rotatable bonds is 10. The summed E-state index contributed by atoms with van der Waals surface area (Å²) in [4.78, 5) is 22.5. The van der Waals surface area contributed by atoms with Gasteiger partial charge < -0.3 is 15.5 Å². The fourth-order valence-electron chi connectivity index (χ4n) is 2.42. The van der Waals surface area contributed by atoms with E-state index in [4.69, 9.17) is 0 Å². The highest BCUT2D eigenvalue weighted by Gasteiger charge is 2.08. The maximum absolute atomic E-state index is 12.2. The van der Waals surface area contributed by atoms with Crippen molar-refractivity contribution in [3.63, 3.8) is 0 Å². The number of hydrogen-bond donors (Lipinski definition) is 2. The summed E-state index contributed by atoms with van der Waals surface area (Å²) in [6.45, 7) is 2.45. The monoisotopic (exact) mass is 341 g/mol. The quantitative estimate of drug-likeness (QED) is 0.648. The second-order valence-electron chi connectivity index (χ2n) is 6.22. The Labute approximate surface area is 149 Å². The lowest BCUT2D eigenvalue weighted by Gasteiger charge is -2.10. The lowest BCUT2D eigenvalue weighted by molar-refractivity contribution is 0.0948. The second kappa shape index (κ2) is 10.4. The van der Waals surface area contributed by atoms with Crippen molar-refractivity contribution in [2.75, 3.05) is 39.0 Å². The predicted molar refractivity (Wildman–Crippen MR) is 101 cm³/mol. The van der Waals surface area contributed by atoms with Crippen LogP contribution in [0, 0.1) is 0 Å². The Bertz CT molecular complexity index is 645. The van der Waals surface area contributed by atoms with Crippen LogP contribution >= 0.6 is 0 Å². The molecule has 0 saturated carbocycles. The van der Waals surface area contributed by atoms with Gasteiger partial charge in [0, 0.05) is 19.2 Å². The van der Waals surface area contributed by atoms with Crippen LogP contribution in [-0.2, 0) is 6.42 Å². The van der Waals surface area contributed by atoms with E-state index in [9.17, 15) is 4.79 Å². The lowest BCUT2D eigenvalue weighted by atomic mass is 10.1. The van der Waals surface area contributed by atoms with Gasteiger partial charge in [0.2, 0.25) is 0 Å². The number of anilines is 1. The van der Waals surface area contributed by atoms with Crippen molar-refractivity contribution < 1.29 is 4.79 Å². The molecule has 0 radical (unpaired) electrons. The molecule has 6 nitrogen and oxygen atoms in total. The van der Waals surface area contributed by atoms with Gasteiger partial charge in [-0.05, 0) is 45.5 Å². The van der Waals surface area contributed by atoms with Crippen molar-refractivity contribution in [2.45, 2.75) is 19.3 Å². The smallest absolute Gasteiger partial charge is 0.270 e. The van der Waals surface area contributed by atoms with Gasteiger partial charge in [-0.1, -0.05) is 30.3 Å². The fraction of sp³-hybridized carbons (Fsp3) is 0.421. The van der Waals surface area contributed by atoms with Crippen LogP contribution in [0.2, 0.25) is 0 Å². The van der Waals surface area contributed by atoms with Crippen molar-refractivity contribution in [3.05, 3.63) is 54.0 Å². The largest absolute Gasteiger partial charge is 0.370 e. The SMILES string of the molecule is CN(C)CCCNc1cc(C(=O)NCCCc2ccccc2)ncn1. The summed E-state index contributed by atoms with van der Waals surface area (Å²) in [5.41, 5.74) is 1.67. The maximum Gasteiger partial charge on any atom is 0.270 e. The highest BCUT2D eigenvalue weighted by Crippen LogP contribution is 2.05. The van der Waals surface area contributed by atoms with Crippen molar-refractivity contribution in [1.82, 2.24) is 20.2 Å². The molecule has 0 aliphatic rings. The first kappa shape index (κ1) is 18.9. The Morgan fingerprint density at radius 2 is 1.88 bits per heavy atom. The summed E-state index contributed by atoms with van der Waals surface area (Å²) in [7, 11) is 4.09. The van der Waals surface area contributed by atoms with Crippen molar-refractivity contribution >= 4 is 11.7 Å². The number of nitrogens with one attached hydrogen (secondary N) is 2. The first-order chi connectivity index (χ1) is 12.1. The minimum Gasteiger partial charge on any atom is -0.370 e. The molecular weight excluding hydrogens is 314 g/mol. The maximum atomic E-state index is 12.2. The Kier molecular flexibility index (Phi) is 7.85. The average molecular weight is 341 g/mol. The third kappa shape index (κ3) is 7.30. The molecule has 0 atom stereocenters. The van der Waals surface area contributed by atoms with Crippen LogP contribution in [-0.4, -0.2) is 54.5 Å². The minimum atomic E-state index is -0.160. The zero-order valence-electron chi connectivity index (χ0n) is 15.0. The van der Waals surface area contributed by atoms with E-state index in [-0.39, 0.29) is 5.91 Å². The van der Waals surface area contributed by atoms with Crippen molar-refractivity contribution in [2.24, 2.45) is 0 Å². The van der Waals surface area contributed by atoms with E-state index in [1.807, 2.05) is 32.3 Å². The zero-order chi connectivity index (χ0) is 17.9. The van der Waals surface area contributed by atoms with Crippen LogP contribution in [0.1, 0.15) is 28.9 Å². The van der Waals surface area contributed by atoms with E-state index in [0.717, 1.165) is 32.4 Å². The molecule has 0 bridgehead atoms. The molecule has 1 heterocycles. The number of amides is 1. The Hall–Kier alpha value is -2.47. The minimum absolute atomic E-state index is 0.160. The normalized spacial score (nSPS) is 10.7. The molecular formula is C19H27N5O. The predicted octanol–water partition coefficient (Wildman–Crippen LogP) is 2.20. The van der Waals surface area contributed by atoms with Crippen LogP contribution in [0.25, 0.3) is 0 Å². The standard InChI is InChI=1S/C19H27N5O/c1-24(2)13-7-12-20-18-14-17(22-15-23-18)19(25)21-11-6-10-16-8-4-3-5-9-16/h3-5,8-9,14-15H,6-7,10-13H2,1-2H3,(H,21,25)(H,20,22,23). The first-order valence-electron chi connectivity index (χ1n) is 8.68. The van der Waals surface area contributed by atoms with Crippen LogP contribution in [0.3, 0.4) is 0 Å². The Morgan fingerprint density at radius 1 is 1.08 bits per heavy atom. The van der Waals surface area contributed by atoms with E-state index >= 15 is 0 Å². The number of benzene rings is 1. The fourth-order valence-corrected chi connectivity index (χ4v) is 2.42. The molecule has 0 unspecified atom stereocenters. The molecule has 0 aliphatic heterocycles. The summed E-state index contributed by atoms with van der Waals surface area (Å²) in [5.74, 6) is 0.523. The molecule has 134 valence electrons. The number of hydrogen-bond acceptors (Lipinski definition) is 5. The van der Waals surface area contributed by atoms with Gasteiger partial charge in [-0.2, -0.15) is 0 Å². The molecule has 1 aromatic heterocycles. The van der Waals surface area contributed by atoms with Gasteiger partial charge in [-0.15, -0.1) is 0 Å². The number of aromatic nitrogens is 2. The summed E-state index contributed by atoms with van der Waals surface area (Å²) in [6.07, 6.45) is 4.28. The molecule has 6 heteroatoms. The molecule has 0 fully saturated rings. The second-order valence-corrected chi connectivity index (χ2v) is 6.22. The van der Waals surface area contributed by atoms with Gasteiger partial charge in [-0.3, -0.25) is 4.79 Å². The molecule has 1 aromatic carbocycles.